The Hall–Kier alpha value is -8.36. The largest absolute Gasteiger partial charge is 0.311 e. The van der Waals surface area contributed by atoms with E-state index in [2.05, 4.69) is 329 Å². The zero-order valence-electron chi connectivity index (χ0n) is 54.3. The molecule has 13 aromatic rings. The monoisotopic (exact) mass is 1190 g/mol. The maximum absolute atomic E-state index is 2.70. The van der Waals surface area contributed by atoms with Crippen LogP contribution in [0.25, 0.3) is 57.1 Å². The molecule has 0 spiro atoms. The minimum absolute atomic E-state index is 0.00109. The van der Waals surface area contributed by atoms with Crippen LogP contribution >= 0.6 is 22.7 Å². The maximum atomic E-state index is 2.70. The van der Waals surface area contributed by atoms with Crippen LogP contribution < -0.4 is 31.1 Å². The van der Waals surface area contributed by atoms with Gasteiger partial charge in [-0.2, -0.15) is 0 Å². The highest BCUT2D eigenvalue weighted by Gasteiger charge is 2.45. The normalized spacial score (nSPS) is 13.5. The molecule has 7 heteroatoms. The fourth-order valence-corrected chi connectivity index (χ4v) is 16.5. The van der Waals surface area contributed by atoms with E-state index in [1.54, 1.807) is 0 Å². The van der Waals surface area contributed by atoms with E-state index in [9.17, 15) is 0 Å². The molecule has 5 heterocycles. The lowest BCUT2D eigenvalue weighted by Gasteiger charge is -2.42. The lowest BCUT2D eigenvalue weighted by molar-refractivity contribution is 0.590. The van der Waals surface area contributed by atoms with Crippen molar-refractivity contribution in [2.24, 2.45) is 0 Å². The van der Waals surface area contributed by atoms with E-state index in [4.69, 9.17) is 0 Å². The third-order valence-electron chi connectivity index (χ3n) is 19.1. The Morgan fingerprint density at radius 2 is 0.753 bits per heavy atom. The summed E-state index contributed by atoms with van der Waals surface area (Å²) in [6, 6.07) is 80.2. The lowest BCUT2D eigenvalue weighted by Crippen LogP contribution is -2.60. The molecule has 0 saturated heterocycles. The van der Waals surface area contributed by atoms with Gasteiger partial charge in [-0.25, -0.2) is 0 Å². The molecule has 2 aliphatic rings. The Morgan fingerprint density at radius 1 is 0.315 bits per heavy atom. The molecular formula is C82H79BN4S2. The van der Waals surface area contributed by atoms with Crippen LogP contribution in [0.15, 0.2) is 206 Å². The molecule has 89 heavy (non-hydrogen) atoms. The molecule has 4 nitrogen and oxygen atoms in total. The van der Waals surface area contributed by atoms with Gasteiger partial charge in [-0.3, -0.25) is 0 Å². The van der Waals surface area contributed by atoms with Crippen molar-refractivity contribution in [3.63, 3.8) is 0 Å². The van der Waals surface area contributed by atoms with Gasteiger partial charge >= 0.3 is 0 Å². The van der Waals surface area contributed by atoms with E-state index in [1.807, 2.05) is 22.7 Å². The molecule has 0 bridgehead atoms. The third-order valence-corrected chi connectivity index (χ3v) is 21.5. The molecular weight excluding hydrogens is 1120 g/mol. The minimum atomic E-state index is -0.122. The van der Waals surface area contributed by atoms with Crippen molar-refractivity contribution >= 4 is 148 Å². The molecule has 0 N–H and O–H groups in total. The van der Waals surface area contributed by atoms with Crippen molar-refractivity contribution in [2.45, 2.75) is 131 Å². The molecule has 0 saturated carbocycles. The average molecular weight is 1200 g/mol. The van der Waals surface area contributed by atoms with Crippen LogP contribution in [0.4, 0.5) is 51.2 Å². The van der Waals surface area contributed by atoms with Gasteiger partial charge in [0.25, 0.3) is 6.71 Å². The second kappa shape index (κ2) is 20.1. The summed E-state index contributed by atoms with van der Waals surface area (Å²) in [5, 5.41) is 5.15. The molecule has 0 radical (unpaired) electrons. The molecule has 10 aromatic carbocycles. The van der Waals surface area contributed by atoms with Crippen LogP contribution in [0.2, 0.25) is 0 Å². The Morgan fingerprint density at radius 3 is 1.27 bits per heavy atom. The Bertz CT molecular complexity index is 4850. The highest BCUT2D eigenvalue weighted by Crippen LogP contribution is 2.52. The third kappa shape index (κ3) is 9.35. The first kappa shape index (κ1) is 57.1. The van der Waals surface area contributed by atoms with Crippen molar-refractivity contribution in [2.75, 3.05) is 14.7 Å². The van der Waals surface area contributed by atoms with Gasteiger partial charge in [0.2, 0.25) is 0 Å². The van der Waals surface area contributed by atoms with Crippen molar-refractivity contribution in [3.8, 4) is 5.69 Å². The van der Waals surface area contributed by atoms with Crippen molar-refractivity contribution in [1.82, 2.24) is 4.57 Å². The van der Waals surface area contributed by atoms with Crippen molar-refractivity contribution < 1.29 is 0 Å². The first-order chi connectivity index (χ1) is 42.3. The van der Waals surface area contributed by atoms with E-state index < -0.39 is 0 Å². The number of fused-ring (bicyclic) bond motifs is 12. The summed E-state index contributed by atoms with van der Waals surface area (Å²) in [7, 11) is 0. The zero-order valence-corrected chi connectivity index (χ0v) is 55.9. The first-order valence-electron chi connectivity index (χ1n) is 31.8. The molecule has 15 rings (SSSR count). The summed E-state index contributed by atoms with van der Waals surface area (Å²) in [5.74, 6) is 0. The molecule has 3 aromatic heterocycles. The fraction of sp³-hybridized carbons (Fsp3) is 0.244. The SMILES string of the molecule is CC(C)(C)c1ccc(N(c2ccc(C(C)(C)C)cc2)c2ccc3c(c2)N(c2cccc4sc5ccccc5c24)c2cc(N(c4ccc(C(C)(C)C)cc4)c4ccc(C(C)(C)C)cc4)cc4c2B3c2cc(C(C)(C)C)cc3c5sc6ccccc6c5n-4c23)cc1. The number of hydrogen-bond acceptors (Lipinski definition) is 5. The lowest BCUT2D eigenvalue weighted by atomic mass is 9.33. The van der Waals surface area contributed by atoms with E-state index in [1.165, 1.54) is 118 Å². The number of aromatic nitrogens is 1. The fourth-order valence-electron chi connectivity index (χ4n) is 14.2. The van der Waals surface area contributed by atoms with Crippen LogP contribution in [0.5, 0.6) is 0 Å². The number of nitrogens with zero attached hydrogens (tertiary/aromatic N) is 4. The van der Waals surface area contributed by atoms with Crippen LogP contribution in [-0.4, -0.2) is 11.3 Å². The number of hydrogen-bond donors (Lipinski definition) is 0. The summed E-state index contributed by atoms with van der Waals surface area (Å²) >= 11 is 3.83. The van der Waals surface area contributed by atoms with Gasteiger partial charge in [-0.05, 0) is 174 Å². The van der Waals surface area contributed by atoms with Crippen molar-refractivity contribution in [3.05, 3.63) is 234 Å². The Balaban J connectivity index is 1.10. The molecule has 0 atom stereocenters. The second-order valence-electron chi connectivity index (χ2n) is 30.3. The summed E-state index contributed by atoms with van der Waals surface area (Å²) in [6.45, 7) is 34.7. The summed E-state index contributed by atoms with van der Waals surface area (Å²) in [4.78, 5) is 7.71. The predicted octanol–water partition coefficient (Wildman–Crippen LogP) is 22.4. The smallest absolute Gasteiger partial charge is 0.252 e. The zero-order chi connectivity index (χ0) is 62.0. The second-order valence-corrected chi connectivity index (χ2v) is 32.5. The van der Waals surface area contributed by atoms with E-state index in [0.29, 0.717) is 0 Å². The summed E-state index contributed by atoms with van der Waals surface area (Å²) < 4.78 is 7.90. The van der Waals surface area contributed by atoms with Gasteiger partial charge < -0.3 is 19.3 Å². The summed E-state index contributed by atoms with van der Waals surface area (Å²) in [5.41, 5.74) is 24.4. The molecule has 0 aliphatic carbocycles. The van der Waals surface area contributed by atoms with E-state index in [-0.39, 0.29) is 33.8 Å². The quantitative estimate of drug-likeness (QED) is 0.148. The minimum Gasteiger partial charge on any atom is -0.311 e. The Kier molecular flexibility index (Phi) is 12.9. The van der Waals surface area contributed by atoms with Gasteiger partial charge in [0, 0.05) is 81.1 Å². The first-order valence-corrected chi connectivity index (χ1v) is 33.5. The summed E-state index contributed by atoms with van der Waals surface area (Å²) in [6.07, 6.45) is 0. The highest BCUT2D eigenvalue weighted by atomic mass is 32.1. The van der Waals surface area contributed by atoms with Gasteiger partial charge in [0.15, 0.2) is 0 Å². The number of anilines is 9. The van der Waals surface area contributed by atoms with Crippen LogP contribution in [0.1, 0.15) is 132 Å². The maximum Gasteiger partial charge on any atom is 0.252 e. The predicted molar refractivity (Wildman–Crippen MR) is 391 cm³/mol. The van der Waals surface area contributed by atoms with E-state index in [0.717, 1.165) is 34.1 Å². The standard InChI is InChI=1S/C82H79BN4S2/c1-78(2,3)50-27-35-55(36-28-50)84(56-37-29-51(30-38-56)79(4,5)6)59-43-44-64-67(47-59)86(66-23-20-26-72-73(66)61-21-16-18-24-70(61)88-72)68-48-60(85(57-39-31-52(32-40-57)80(7,8)9)58-41-33-53(34-42-58)81(10,11)12)49-69-74(68)83(64)65-46-54(82(13,14)15)45-63-75(65)87(69)76-62-22-17-19-25-71(62)89-77(63)76/h16-49H,1-15H3. The Labute approximate surface area is 534 Å². The van der Waals surface area contributed by atoms with Gasteiger partial charge in [-0.1, -0.05) is 207 Å². The topological polar surface area (TPSA) is 14.7 Å². The van der Waals surface area contributed by atoms with Gasteiger partial charge in [-0.15, -0.1) is 22.7 Å². The molecule has 0 amide bonds. The van der Waals surface area contributed by atoms with Gasteiger partial charge in [0.05, 0.1) is 27.1 Å². The molecule has 442 valence electrons. The molecule has 2 aliphatic heterocycles. The van der Waals surface area contributed by atoms with E-state index >= 15 is 0 Å². The number of thiophene rings is 2. The molecule has 0 fully saturated rings. The average Bonchev–Trinajstić information content (AvgIpc) is 1.62. The van der Waals surface area contributed by atoms with Crippen LogP contribution in [0.3, 0.4) is 0 Å². The van der Waals surface area contributed by atoms with Crippen LogP contribution in [0, 0.1) is 0 Å². The molecule has 0 unspecified atom stereocenters. The van der Waals surface area contributed by atoms with Crippen LogP contribution in [-0.2, 0) is 27.1 Å². The van der Waals surface area contributed by atoms with Gasteiger partial charge in [0.1, 0.15) is 0 Å². The van der Waals surface area contributed by atoms with Crippen molar-refractivity contribution in [1.29, 1.82) is 0 Å². The number of rotatable bonds is 7. The number of benzene rings is 10. The highest BCUT2D eigenvalue weighted by molar-refractivity contribution is 7.27.